The number of hydrogen-bond donors (Lipinski definition) is 3. The van der Waals surface area contributed by atoms with Crippen LogP contribution in [0.3, 0.4) is 0 Å². The third kappa shape index (κ3) is 0.764. The maximum atomic E-state index is 10.8. The van der Waals surface area contributed by atoms with Crippen molar-refractivity contribution in [2.75, 3.05) is 0 Å². The van der Waals surface area contributed by atoms with Crippen molar-refractivity contribution in [2.24, 2.45) is 0 Å². The lowest BCUT2D eigenvalue weighted by Crippen LogP contribution is -2.34. The zero-order valence-electron chi connectivity index (χ0n) is 5.16. The Morgan fingerprint density at radius 3 is 2.30 bits per heavy atom. The van der Waals surface area contributed by atoms with E-state index in [9.17, 15) is 9.59 Å². The lowest BCUT2D eigenvalue weighted by atomic mass is 10.2. The maximum Gasteiger partial charge on any atom is 0.291 e. The van der Waals surface area contributed by atoms with Crippen molar-refractivity contribution in [2.45, 2.75) is 11.7 Å². The number of thiol groups is 1. The van der Waals surface area contributed by atoms with Gasteiger partial charge in [-0.1, -0.05) is 0 Å². The molecule has 0 aromatic carbocycles. The summed E-state index contributed by atoms with van der Waals surface area (Å²) in [6.07, 6.45) is 0. The number of nitrogens with one attached hydrogen (secondary N) is 1. The molecule has 1 unspecified atom stereocenters. The van der Waals surface area contributed by atoms with E-state index in [0.717, 1.165) is 0 Å². The maximum absolute atomic E-state index is 10.8. The van der Waals surface area contributed by atoms with Gasteiger partial charge < -0.3 is 0 Å². The zero-order chi connectivity index (χ0) is 7.94. The number of rotatable bonds is 0. The summed E-state index contributed by atoms with van der Waals surface area (Å²) in [4.78, 5) is 21.5. The van der Waals surface area contributed by atoms with E-state index < -0.39 is 16.6 Å². The quantitative estimate of drug-likeness (QED) is 0.241. The number of carbonyl (C=O) groups is 2. The van der Waals surface area contributed by atoms with Crippen LogP contribution < -0.4 is 5.43 Å². The van der Waals surface area contributed by atoms with Crippen LogP contribution in [-0.2, 0) is 9.59 Å². The van der Waals surface area contributed by atoms with Crippen LogP contribution in [0.15, 0.2) is 0 Å². The Morgan fingerprint density at radius 2 is 2.20 bits per heavy atom. The van der Waals surface area contributed by atoms with Gasteiger partial charge in [0.15, 0.2) is 4.75 Å². The van der Waals surface area contributed by atoms with Gasteiger partial charge in [-0.05, 0) is 6.92 Å². The molecule has 56 valence electrons. The Hall–Kier alpha value is -0.750. The second-order valence-electron chi connectivity index (χ2n) is 2.13. The molecule has 6 heteroatoms. The molecule has 5 nitrogen and oxygen atoms in total. The minimum absolute atomic E-state index is 0.134. The SMILES string of the molecule is CC1(S)C(=O)NN(O)C1=O. The zero-order valence-corrected chi connectivity index (χ0v) is 6.05. The average molecular weight is 162 g/mol. The van der Waals surface area contributed by atoms with Crippen molar-refractivity contribution in [1.82, 2.24) is 10.6 Å². The molecule has 0 aliphatic carbocycles. The molecule has 1 heterocycles. The fraction of sp³-hybridized carbons (Fsp3) is 0.500. The summed E-state index contributed by atoms with van der Waals surface area (Å²) in [6.45, 7) is 1.31. The molecule has 2 amide bonds. The Balaban J connectivity index is 2.96. The van der Waals surface area contributed by atoms with E-state index in [0.29, 0.717) is 0 Å². The molecular weight excluding hydrogens is 156 g/mol. The Bertz CT molecular complexity index is 203. The second-order valence-corrected chi connectivity index (χ2v) is 3.02. The van der Waals surface area contributed by atoms with Gasteiger partial charge in [-0.15, -0.1) is 5.17 Å². The highest BCUT2D eigenvalue weighted by Gasteiger charge is 2.47. The molecule has 10 heavy (non-hydrogen) atoms. The van der Waals surface area contributed by atoms with E-state index in [2.05, 4.69) is 12.6 Å². The molecule has 1 rings (SSSR count). The van der Waals surface area contributed by atoms with E-state index in [1.165, 1.54) is 6.92 Å². The minimum Gasteiger partial charge on any atom is -0.271 e. The van der Waals surface area contributed by atoms with Gasteiger partial charge in [-0.2, -0.15) is 12.6 Å². The third-order valence-electron chi connectivity index (χ3n) is 1.26. The summed E-state index contributed by atoms with van der Waals surface area (Å²) in [5, 5.41) is 8.74. The van der Waals surface area contributed by atoms with E-state index in [4.69, 9.17) is 5.21 Å². The van der Waals surface area contributed by atoms with Gasteiger partial charge in [0.1, 0.15) is 0 Å². The average Bonchev–Trinajstić information content (AvgIpc) is 1.97. The molecule has 2 N–H and O–H groups in total. The summed E-state index contributed by atoms with van der Waals surface area (Å²) in [5.74, 6) is -1.39. The van der Waals surface area contributed by atoms with Crippen molar-refractivity contribution in [1.29, 1.82) is 0 Å². The van der Waals surface area contributed by atoms with Crippen LogP contribution >= 0.6 is 12.6 Å². The molecule has 0 saturated carbocycles. The molecule has 0 spiro atoms. The molecule has 1 fully saturated rings. The second kappa shape index (κ2) is 1.86. The molecule has 0 aromatic heterocycles. The predicted octanol–water partition coefficient (Wildman–Crippen LogP) is -1.06. The van der Waals surface area contributed by atoms with Gasteiger partial charge in [0, 0.05) is 0 Å². The van der Waals surface area contributed by atoms with Crippen molar-refractivity contribution in [3.05, 3.63) is 0 Å². The van der Waals surface area contributed by atoms with E-state index in [-0.39, 0.29) is 5.17 Å². The van der Waals surface area contributed by atoms with Crippen molar-refractivity contribution in [3.8, 4) is 0 Å². The molecule has 1 aliphatic heterocycles. The first-order chi connectivity index (χ1) is 4.46. The number of hydrazine groups is 1. The topological polar surface area (TPSA) is 69.6 Å². The van der Waals surface area contributed by atoms with E-state index >= 15 is 0 Å². The first-order valence-corrected chi connectivity index (χ1v) is 2.98. The van der Waals surface area contributed by atoms with Gasteiger partial charge in [0.05, 0.1) is 0 Å². The Kier molecular flexibility index (Phi) is 1.37. The fourth-order valence-electron chi connectivity index (χ4n) is 0.559. The number of nitrogens with zero attached hydrogens (tertiary/aromatic N) is 1. The standard InChI is InChI=1S/C4H6N2O3S/c1-4(10)2(7)5-6(9)3(4)8/h9-10H,1H3,(H,5,7). The molecule has 0 radical (unpaired) electrons. The summed E-state index contributed by atoms with van der Waals surface area (Å²) < 4.78 is -1.44. The Labute approximate surface area is 62.3 Å². The summed E-state index contributed by atoms with van der Waals surface area (Å²) >= 11 is 3.73. The molecule has 0 aromatic rings. The highest BCUT2D eigenvalue weighted by molar-refractivity contribution is 7.83. The van der Waals surface area contributed by atoms with Crippen LogP contribution in [0.1, 0.15) is 6.92 Å². The molecular formula is C4H6N2O3S. The summed E-state index contributed by atoms with van der Waals surface area (Å²) in [6, 6.07) is 0. The van der Waals surface area contributed by atoms with Crippen LogP contribution in [0.4, 0.5) is 0 Å². The van der Waals surface area contributed by atoms with Crippen LogP contribution in [0, 0.1) is 0 Å². The monoisotopic (exact) mass is 162 g/mol. The number of amides is 2. The third-order valence-corrected chi connectivity index (χ3v) is 1.65. The van der Waals surface area contributed by atoms with Gasteiger partial charge in [0.25, 0.3) is 11.8 Å². The van der Waals surface area contributed by atoms with Crippen LogP contribution in [0.2, 0.25) is 0 Å². The lowest BCUT2D eigenvalue weighted by molar-refractivity contribution is -0.171. The summed E-state index contributed by atoms with van der Waals surface area (Å²) in [5.41, 5.74) is 1.88. The lowest BCUT2D eigenvalue weighted by Gasteiger charge is -2.07. The number of hydrogen-bond acceptors (Lipinski definition) is 4. The summed E-state index contributed by atoms with van der Waals surface area (Å²) in [7, 11) is 0. The van der Waals surface area contributed by atoms with E-state index in [1.807, 2.05) is 5.43 Å². The highest BCUT2D eigenvalue weighted by atomic mass is 32.1. The van der Waals surface area contributed by atoms with Gasteiger partial charge in [0.2, 0.25) is 0 Å². The number of carbonyl (C=O) groups excluding carboxylic acids is 2. The molecule has 0 bridgehead atoms. The highest BCUT2D eigenvalue weighted by Crippen LogP contribution is 2.20. The van der Waals surface area contributed by atoms with Crippen LogP contribution in [0.25, 0.3) is 0 Å². The smallest absolute Gasteiger partial charge is 0.271 e. The normalized spacial score (nSPS) is 32.9. The molecule has 1 saturated heterocycles. The fourth-order valence-corrected chi connectivity index (χ4v) is 0.704. The largest absolute Gasteiger partial charge is 0.291 e. The molecule has 1 aliphatic rings. The number of hydroxylamine groups is 1. The van der Waals surface area contributed by atoms with Crippen LogP contribution in [-0.4, -0.2) is 26.9 Å². The van der Waals surface area contributed by atoms with Crippen molar-refractivity contribution < 1.29 is 14.8 Å². The van der Waals surface area contributed by atoms with E-state index in [1.54, 1.807) is 0 Å². The van der Waals surface area contributed by atoms with Crippen LogP contribution in [0.5, 0.6) is 0 Å². The van der Waals surface area contributed by atoms with Gasteiger partial charge in [-0.3, -0.25) is 14.8 Å². The first kappa shape index (κ1) is 7.36. The van der Waals surface area contributed by atoms with Gasteiger partial charge in [-0.25, -0.2) is 5.43 Å². The Morgan fingerprint density at radius 1 is 1.70 bits per heavy atom. The first-order valence-electron chi connectivity index (χ1n) is 2.53. The van der Waals surface area contributed by atoms with Crippen molar-refractivity contribution in [3.63, 3.8) is 0 Å². The van der Waals surface area contributed by atoms with Gasteiger partial charge >= 0.3 is 0 Å². The molecule has 1 atom stereocenters. The minimum atomic E-state index is -1.44. The predicted molar refractivity (Wildman–Crippen MR) is 34.2 cm³/mol. The van der Waals surface area contributed by atoms with Crippen molar-refractivity contribution >= 4 is 24.4 Å².